The molecule has 0 heterocycles. The fourth-order valence-corrected chi connectivity index (χ4v) is 10.2. The maximum atomic E-state index is 11.9. The molecule has 0 aliphatic rings. The molecule has 0 radical (unpaired) electrons. The molecular weight excluding hydrogens is 472 g/mol. The largest absolute Gasteiger partial charge is 0.404 e. The standard InChI is InChI=1S/C33H54O3Si/c1-5-6-7-8-9-10-11-12-19-26-33(35,27-20-21-28-34)29-36-37(32(2,3)4,30-22-15-13-16-23-30)31-24-17-14-18-25-31/h13-18,22-25,34-35H,5-12,19-21,26-29H2,1-4H3/t33-/m1/s1. The third-order valence-corrected chi connectivity index (χ3v) is 12.8. The zero-order chi connectivity index (χ0) is 27.0. The zero-order valence-corrected chi connectivity index (χ0v) is 25.2. The number of rotatable bonds is 19. The molecule has 0 aromatic heterocycles. The highest BCUT2D eigenvalue weighted by Crippen LogP contribution is 2.38. The summed E-state index contributed by atoms with van der Waals surface area (Å²) in [5.41, 5.74) is -0.872. The number of unbranched alkanes of at least 4 members (excludes halogenated alkanes) is 9. The minimum Gasteiger partial charge on any atom is -0.404 e. The minimum absolute atomic E-state index is 0.112. The van der Waals surface area contributed by atoms with Crippen LogP contribution in [0, 0.1) is 0 Å². The Bertz CT molecular complexity index is 794. The molecule has 0 saturated heterocycles. The van der Waals surface area contributed by atoms with Gasteiger partial charge in [0.15, 0.2) is 0 Å². The normalized spacial score (nSPS) is 14.0. The molecule has 1 atom stereocenters. The highest BCUT2D eigenvalue weighted by molar-refractivity contribution is 6.99. The molecule has 208 valence electrons. The first-order valence-electron chi connectivity index (χ1n) is 14.9. The smallest absolute Gasteiger partial charge is 0.261 e. The van der Waals surface area contributed by atoms with Crippen molar-refractivity contribution in [3.8, 4) is 0 Å². The van der Waals surface area contributed by atoms with E-state index in [2.05, 4.69) is 88.4 Å². The van der Waals surface area contributed by atoms with Gasteiger partial charge >= 0.3 is 0 Å². The summed E-state index contributed by atoms with van der Waals surface area (Å²) < 4.78 is 7.12. The molecule has 2 aromatic carbocycles. The van der Waals surface area contributed by atoms with Crippen LogP contribution in [0.25, 0.3) is 0 Å². The first-order chi connectivity index (χ1) is 17.8. The highest BCUT2D eigenvalue weighted by Gasteiger charge is 2.51. The van der Waals surface area contributed by atoms with E-state index in [0.717, 1.165) is 32.1 Å². The van der Waals surface area contributed by atoms with Gasteiger partial charge in [0, 0.05) is 6.61 Å². The summed E-state index contributed by atoms with van der Waals surface area (Å²) in [5.74, 6) is 0. The average molecular weight is 527 g/mol. The summed E-state index contributed by atoms with van der Waals surface area (Å²) in [6.07, 6.45) is 14.4. The van der Waals surface area contributed by atoms with Crippen molar-refractivity contribution in [2.45, 2.75) is 122 Å². The van der Waals surface area contributed by atoms with E-state index < -0.39 is 13.9 Å². The van der Waals surface area contributed by atoms with Crippen LogP contribution in [0.4, 0.5) is 0 Å². The van der Waals surface area contributed by atoms with Gasteiger partial charge in [0.05, 0.1) is 12.2 Å². The van der Waals surface area contributed by atoms with Crippen molar-refractivity contribution < 1.29 is 14.6 Å². The Kier molecular flexibility index (Phi) is 14.2. The van der Waals surface area contributed by atoms with Crippen molar-refractivity contribution in [3.05, 3.63) is 60.7 Å². The van der Waals surface area contributed by atoms with E-state index in [1.807, 2.05) is 0 Å². The Balaban J connectivity index is 2.16. The molecule has 0 aliphatic carbocycles. The van der Waals surface area contributed by atoms with Gasteiger partial charge in [-0.1, -0.05) is 146 Å². The second kappa shape index (κ2) is 16.5. The van der Waals surface area contributed by atoms with Gasteiger partial charge in [0.2, 0.25) is 0 Å². The maximum absolute atomic E-state index is 11.9. The van der Waals surface area contributed by atoms with Crippen LogP contribution in [-0.2, 0) is 4.43 Å². The van der Waals surface area contributed by atoms with Gasteiger partial charge in [0.1, 0.15) is 0 Å². The van der Waals surface area contributed by atoms with Crippen LogP contribution in [0.5, 0.6) is 0 Å². The molecule has 37 heavy (non-hydrogen) atoms. The summed E-state index contributed by atoms with van der Waals surface area (Å²) >= 11 is 0. The Morgan fingerprint density at radius 3 is 1.51 bits per heavy atom. The van der Waals surface area contributed by atoms with E-state index in [1.165, 1.54) is 55.3 Å². The van der Waals surface area contributed by atoms with Crippen molar-refractivity contribution >= 4 is 18.7 Å². The molecule has 0 aliphatic heterocycles. The second-order valence-corrected chi connectivity index (χ2v) is 16.2. The van der Waals surface area contributed by atoms with Crippen molar-refractivity contribution in [2.24, 2.45) is 0 Å². The van der Waals surface area contributed by atoms with E-state index in [1.54, 1.807) is 0 Å². The summed E-state index contributed by atoms with van der Waals surface area (Å²) in [4.78, 5) is 0. The Hall–Kier alpha value is -1.46. The van der Waals surface area contributed by atoms with E-state index in [9.17, 15) is 10.2 Å². The van der Waals surface area contributed by atoms with Crippen LogP contribution < -0.4 is 10.4 Å². The van der Waals surface area contributed by atoms with Crippen LogP contribution in [-0.4, -0.2) is 37.3 Å². The van der Waals surface area contributed by atoms with Gasteiger partial charge in [-0.05, 0) is 41.1 Å². The Morgan fingerprint density at radius 1 is 0.649 bits per heavy atom. The third-order valence-electron chi connectivity index (χ3n) is 7.77. The lowest BCUT2D eigenvalue weighted by Gasteiger charge is -2.45. The van der Waals surface area contributed by atoms with Gasteiger partial charge in [0.25, 0.3) is 8.32 Å². The molecule has 0 spiro atoms. The lowest BCUT2D eigenvalue weighted by atomic mass is 9.91. The number of aliphatic hydroxyl groups is 2. The summed E-state index contributed by atoms with van der Waals surface area (Å²) in [6, 6.07) is 21.3. The molecule has 2 rings (SSSR count). The molecule has 0 saturated carbocycles. The van der Waals surface area contributed by atoms with Crippen LogP contribution in [0.2, 0.25) is 5.04 Å². The molecule has 0 amide bonds. The second-order valence-electron chi connectivity index (χ2n) is 11.9. The molecule has 0 unspecified atom stereocenters. The molecule has 0 bridgehead atoms. The van der Waals surface area contributed by atoms with Crippen molar-refractivity contribution in [1.29, 1.82) is 0 Å². The van der Waals surface area contributed by atoms with E-state index in [0.29, 0.717) is 13.0 Å². The predicted octanol–water partition coefficient (Wildman–Crippen LogP) is 7.38. The number of hydrogen-bond acceptors (Lipinski definition) is 3. The number of benzene rings is 2. The van der Waals surface area contributed by atoms with E-state index >= 15 is 0 Å². The average Bonchev–Trinajstić information content (AvgIpc) is 2.89. The fraction of sp³-hybridized carbons (Fsp3) is 0.636. The summed E-state index contributed by atoms with van der Waals surface area (Å²) in [5, 5.41) is 23.6. The van der Waals surface area contributed by atoms with Crippen LogP contribution in [0.1, 0.15) is 111 Å². The molecular formula is C33H54O3Si. The van der Waals surface area contributed by atoms with Crippen molar-refractivity contribution in [3.63, 3.8) is 0 Å². The lowest BCUT2D eigenvalue weighted by Crippen LogP contribution is -2.67. The lowest BCUT2D eigenvalue weighted by molar-refractivity contribution is -0.0264. The maximum Gasteiger partial charge on any atom is 0.261 e. The van der Waals surface area contributed by atoms with Gasteiger partial charge in [-0.15, -0.1) is 0 Å². The quantitative estimate of drug-likeness (QED) is 0.148. The zero-order valence-electron chi connectivity index (χ0n) is 24.2. The van der Waals surface area contributed by atoms with Crippen molar-refractivity contribution in [2.75, 3.05) is 13.2 Å². The molecule has 2 aromatic rings. The van der Waals surface area contributed by atoms with Crippen LogP contribution in [0.15, 0.2) is 60.7 Å². The van der Waals surface area contributed by atoms with Crippen LogP contribution in [0.3, 0.4) is 0 Å². The fourth-order valence-electron chi connectivity index (χ4n) is 5.60. The number of hydrogen-bond donors (Lipinski definition) is 2. The van der Waals surface area contributed by atoms with E-state index in [-0.39, 0.29) is 11.6 Å². The first kappa shape index (κ1) is 31.8. The van der Waals surface area contributed by atoms with Crippen LogP contribution >= 0.6 is 0 Å². The van der Waals surface area contributed by atoms with Gasteiger partial charge in [-0.2, -0.15) is 0 Å². The molecule has 3 nitrogen and oxygen atoms in total. The van der Waals surface area contributed by atoms with Gasteiger partial charge in [-0.3, -0.25) is 0 Å². The summed E-state index contributed by atoms with van der Waals surface area (Å²) in [6.45, 7) is 9.62. The SMILES string of the molecule is CCCCCCCCCCC[C@@](O)(CCCCO)CO[Si](c1ccccc1)(c1ccccc1)C(C)(C)C. The van der Waals surface area contributed by atoms with Gasteiger partial charge < -0.3 is 14.6 Å². The Labute approximate surface area is 228 Å². The predicted molar refractivity (Wildman–Crippen MR) is 161 cm³/mol. The molecule has 0 fully saturated rings. The van der Waals surface area contributed by atoms with Crippen molar-refractivity contribution in [1.82, 2.24) is 0 Å². The monoisotopic (exact) mass is 526 g/mol. The van der Waals surface area contributed by atoms with E-state index in [4.69, 9.17) is 4.43 Å². The minimum atomic E-state index is -2.69. The third kappa shape index (κ3) is 9.98. The van der Waals surface area contributed by atoms with Gasteiger partial charge in [-0.25, -0.2) is 0 Å². The first-order valence-corrected chi connectivity index (χ1v) is 16.8. The highest BCUT2D eigenvalue weighted by atomic mass is 28.4. The Morgan fingerprint density at radius 2 is 1.08 bits per heavy atom. The number of aliphatic hydroxyl groups excluding tert-OH is 1. The molecule has 4 heteroatoms. The summed E-state index contributed by atoms with van der Waals surface area (Å²) in [7, 11) is -2.69. The topological polar surface area (TPSA) is 49.7 Å². The molecule has 2 N–H and O–H groups in total.